The molecule has 2 fully saturated rings. The van der Waals surface area contributed by atoms with E-state index >= 15 is 0 Å². The zero-order valence-corrected chi connectivity index (χ0v) is 19.7. The molecule has 2 rings (SSSR count). The summed E-state index contributed by atoms with van der Waals surface area (Å²) in [4.78, 5) is 29.3. The molecule has 9 heteroatoms. The Kier molecular flexibility index (Phi) is 9.81. The van der Waals surface area contributed by atoms with Crippen LogP contribution in [-0.4, -0.2) is 55.8 Å². The standard InChI is InChI=1S/C16H36O6Si3/c17-23-20-15(14-10-6-2-1-3-7-11-14)12-8-4-5-9-13-16(15,21-24-18)22-25-19/h14,17-19H,1-13,23-25H2. The van der Waals surface area contributed by atoms with Crippen molar-refractivity contribution in [3.63, 3.8) is 0 Å². The fraction of sp³-hybridized carbons (Fsp3) is 1.00. The molecule has 0 aromatic carbocycles. The first kappa shape index (κ1) is 21.7. The Labute approximate surface area is 158 Å². The van der Waals surface area contributed by atoms with E-state index in [1.165, 1.54) is 19.3 Å². The largest absolute Gasteiger partial charge is 0.415 e. The van der Waals surface area contributed by atoms with E-state index in [1.54, 1.807) is 0 Å². The molecule has 0 heterocycles. The molecule has 3 N–H and O–H groups in total. The van der Waals surface area contributed by atoms with Crippen LogP contribution in [0.3, 0.4) is 0 Å². The zero-order valence-electron chi connectivity index (χ0n) is 15.5. The molecule has 0 radical (unpaired) electrons. The highest BCUT2D eigenvalue weighted by atomic mass is 28.3. The third-order valence-electron chi connectivity index (χ3n) is 6.13. The molecule has 2 saturated carbocycles. The van der Waals surface area contributed by atoms with Gasteiger partial charge in [-0.25, -0.2) is 0 Å². The molecule has 25 heavy (non-hydrogen) atoms. The average molecular weight is 409 g/mol. The van der Waals surface area contributed by atoms with Gasteiger partial charge in [0, 0.05) is 6.42 Å². The Morgan fingerprint density at radius 3 is 1.64 bits per heavy atom. The van der Waals surface area contributed by atoms with Gasteiger partial charge in [0.15, 0.2) is 5.79 Å². The van der Waals surface area contributed by atoms with Gasteiger partial charge in [-0.2, -0.15) is 0 Å². The lowest BCUT2D eigenvalue weighted by Crippen LogP contribution is -2.65. The van der Waals surface area contributed by atoms with Gasteiger partial charge in [0.25, 0.3) is 0 Å². The summed E-state index contributed by atoms with van der Waals surface area (Å²) in [6.45, 7) is 0. The summed E-state index contributed by atoms with van der Waals surface area (Å²) in [7, 11) is -5.14. The average Bonchev–Trinajstić information content (AvgIpc) is 2.55. The van der Waals surface area contributed by atoms with Gasteiger partial charge >= 0.3 is 30.0 Å². The maximum absolute atomic E-state index is 9.87. The SMILES string of the molecule is O[SiH2]OC1(O[SiH2]O)CCCCCCC1(O[SiH2]O)C1CCCCCCC1. The predicted octanol–water partition coefficient (Wildman–Crippen LogP) is 0.159. The van der Waals surface area contributed by atoms with Gasteiger partial charge in [-0.05, 0) is 31.6 Å². The van der Waals surface area contributed by atoms with Crippen molar-refractivity contribution in [1.82, 2.24) is 0 Å². The minimum Gasteiger partial charge on any atom is -0.415 e. The van der Waals surface area contributed by atoms with Gasteiger partial charge in [-0.3, -0.25) is 0 Å². The number of hydrogen-bond donors (Lipinski definition) is 3. The third kappa shape index (κ3) is 5.23. The molecule has 0 aromatic heterocycles. The number of rotatable bonds is 7. The Hall–Kier alpha value is 0.411. The monoisotopic (exact) mass is 408 g/mol. The number of hydrogen-bond acceptors (Lipinski definition) is 6. The second-order valence-electron chi connectivity index (χ2n) is 7.42. The van der Waals surface area contributed by atoms with Crippen LogP contribution in [-0.2, 0) is 13.3 Å². The van der Waals surface area contributed by atoms with Crippen LogP contribution in [0.5, 0.6) is 0 Å². The van der Waals surface area contributed by atoms with Crippen LogP contribution in [0.2, 0.25) is 0 Å². The normalized spacial score (nSPS) is 34.7. The molecule has 2 aliphatic rings. The Morgan fingerprint density at radius 2 is 1.08 bits per heavy atom. The molecule has 1 unspecified atom stereocenters. The van der Waals surface area contributed by atoms with Crippen LogP contribution in [0.4, 0.5) is 0 Å². The van der Waals surface area contributed by atoms with E-state index in [1.807, 2.05) is 0 Å². The molecule has 6 nitrogen and oxygen atoms in total. The topological polar surface area (TPSA) is 88.4 Å². The van der Waals surface area contributed by atoms with Gasteiger partial charge < -0.3 is 27.7 Å². The quantitative estimate of drug-likeness (QED) is 0.411. The van der Waals surface area contributed by atoms with Crippen molar-refractivity contribution in [2.24, 2.45) is 5.92 Å². The predicted molar refractivity (Wildman–Crippen MR) is 105 cm³/mol. The summed E-state index contributed by atoms with van der Waals surface area (Å²) < 4.78 is 18.2. The molecule has 0 aromatic rings. The van der Waals surface area contributed by atoms with Crippen LogP contribution >= 0.6 is 0 Å². The summed E-state index contributed by atoms with van der Waals surface area (Å²) in [5.74, 6) is -0.804. The summed E-state index contributed by atoms with van der Waals surface area (Å²) in [5.41, 5.74) is -0.711. The van der Waals surface area contributed by atoms with Gasteiger partial charge in [0.2, 0.25) is 0 Å². The minimum absolute atomic E-state index is 0.256. The van der Waals surface area contributed by atoms with Gasteiger partial charge in [0.05, 0.1) is 0 Å². The lowest BCUT2D eigenvalue weighted by atomic mass is 9.69. The van der Waals surface area contributed by atoms with E-state index in [2.05, 4.69) is 0 Å². The highest BCUT2D eigenvalue weighted by molar-refractivity contribution is 6.18. The molecule has 0 amide bonds. The third-order valence-corrected chi connectivity index (χ3v) is 7.97. The van der Waals surface area contributed by atoms with Gasteiger partial charge in [0.1, 0.15) is 5.60 Å². The maximum atomic E-state index is 9.87. The second-order valence-corrected chi connectivity index (χ2v) is 9.06. The summed E-state index contributed by atoms with van der Waals surface area (Å²) in [5, 5.41) is 0. The Balaban J connectivity index is 2.42. The molecule has 1 atom stereocenters. The van der Waals surface area contributed by atoms with Crippen LogP contribution < -0.4 is 0 Å². The summed E-state index contributed by atoms with van der Waals surface area (Å²) >= 11 is 0. The first-order valence-electron chi connectivity index (χ1n) is 9.99. The second kappa shape index (κ2) is 11.3. The van der Waals surface area contributed by atoms with Crippen LogP contribution in [0.1, 0.15) is 83.5 Å². The maximum Gasteiger partial charge on any atom is 0.304 e. The molecular formula is C16H36O6Si3. The van der Waals surface area contributed by atoms with Crippen molar-refractivity contribution < 1.29 is 27.7 Å². The Bertz CT molecular complexity index is 362. The molecule has 0 aliphatic heterocycles. The minimum atomic E-state index is -1.73. The van der Waals surface area contributed by atoms with E-state index in [0.29, 0.717) is 6.42 Å². The first-order valence-corrected chi connectivity index (χ1v) is 13.6. The first-order chi connectivity index (χ1) is 12.2. The smallest absolute Gasteiger partial charge is 0.304 e. The zero-order chi connectivity index (χ0) is 18.0. The van der Waals surface area contributed by atoms with E-state index < -0.39 is 41.4 Å². The highest BCUT2D eigenvalue weighted by Crippen LogP contribution is 2.49. The van der Waals surface area contributed by atoms with E-state index in [9.17, 15) is 14.4 Å². The Morgan fingerprint density at radius 1 is 0.600 bits per heavy atom. The van der Waals surface area contributed by atoms with Crippen LogP contribution in [0, 0.1) is 5.92 Å². The fourth-order valence-electron chi connectivity index (χ4n) is 4.99. The molecule has 0 saturated heterocycles. The molecule has 0 bridgehead atoms. The van der Waals surface area contributed by atoms with Gasteiger partial charge in [-0.1, -0.05) is 51.4 Å². The molecule has 2 aliphatic carbocycles. The lowest BCUT2D eigenvalue weighted by molar-refractivity contribution is -0.271. The lowest BCUT2D eigenvalue weighted by Gasteiger charge is -2.54. The van der Waals surface area contributed by atoms with E-state index in [-0.39, 0.29) is 5.92 Å². The molecule has 0 spiro atoms. The van der Waals surface area contributed by atoms with Gasteiger partial charge in [-0.15, -0.1) is 0 Å². The fourth-order valence-corrected chi connectivity index (χ4v) is 7.35. The molecule has 148 valence electrons. The van der Waals surface area contributed by atoms with Crippen molar-refractivity contribution in [3.05, 3.63) is 0 Å². The summed E-state index contributed by atoms with van der Waals surface area (Å²) in [6, 6.07) is 0. The van der Waals surface area contributed by atoms with Crippen LogP contribution in [0.15, 0.2) is 0 Å². The van der Waals surface area contributed by atoms with Crippen molar-refractivity contribution in [2.45, 2.75) is 94.9 Å². The van der Waals surface area contributed by atoms with Crippen molar-refractivity contribution in [1.29, 1.82) is 0 Å². The van der Waals surface area contributed by atoms with Crippen molar-refractivity contribution >= 4 is 30.0 Å². The van der Waals surface area contributed by atoms with E-state index in [0.717, 1.165) is 57.8 Å². The van der Waals surface area contributed by atoms with E-state index in [4.69, 9.17) is 13.3 Å². The van der Waals surface area contributed by atoms with Crippen LogP contribution in [0.25, 0.3) is 0 Å². The summed E-state index contributed by atoms with van der Waals surface area (Å²) in [6.07, 6.45) is 13.8. The highest BCUT2D eigenvalue weighted by Gasteiger charge is 2.57. The van der Waals surface area contributed by atoms with Crippen molar-refractivity contribution in [2.75, 3.05) is 0 Å². The molecular weight excluding hydrogens is 372 g/mol. The van der Waals surface area contributed by atoms with Crippen molar-refractivity contribution in [3.8, 4) is 0 Å².